The molecule has 0 heterocycles. The van der Waals surface area contributed by atoms with E-state index in [1.54, 1.807) is 30.3 Å². The van der Waals surface area contributed by atoms with E-state index in [0.29, 0.717) is 26.8 Å². The van der Waals surface area contributed by atoms with Crippen LogP contribution in [0.3, 0.4) is 0 Å². The molecule has 0 amide bonds. The Morgan fingerprint density at radius 1 is 1.20 bits per heavy atom. The van der Waals surface area contributed by atoms with Crippen LogP contribution in [0, 0.1) is 10.1 Å². The predicted molar refractivity (Wildman–Crippen MR) is 84.6 cm³/mol. The minimum Gasteiger partial charge on any atom is -0.380 e. The predicted octanol–water partition coefficient (Wildman–Crippen LogP) is 5.28. The summed E-state index contributed by atoms with van der Waals surface area (Å²) in [4.78, 5) is 10.4. The van der Waals surface area contributed by atoms with Gasteiger partial charge in [0.05, 0.1) is 20.7 Å². The van der Waals surface area contributed by atoms with Crippen LogP contribution in [0.1, 0.15) is 5.56 Å². The average Bonchev–Trinajstić information content (AvgIpc) is 2.41. The molecule has 0 saturated carbocycles. The second-order valence-electron chi connectivity index (χ2n) is 3.96. The number of nitro benzene ring substituents is 1. The third-order valence-electron chi connectivity index (χ3n) is 2.68. The van der Waals surface area contributed by atoms with Crippen LogP contribution < -0.4 is 5.32 Å². The highest BCUT2D eigenvalue weighted by Gasteiger charge is 2.14. The SMILES string of the molecule is O=[N+]([O-])c1cccc(CNc2cccc(Cl)c2Cl)c1Br. The van der Waals surface area contributed by atoms with E-state index < -0.39 is 4.92 Å². The van der Waals surface area contributed by atoms with Crippen molar-refractivity contribution in [2.24, 2.45) is 0 Å². The Balaban J connectivity index is 2.21. The van der Waals surface area contributed by atoms with Gasteiger partial charge in [-0.1, -0.05) is 41.4 Å². The van der Waals surface area contributed by atoms with E-state index >= 15 is 0 Å². The molecule has 0 spiro atoms. The minimum atomic E-state index is -0.431. The molecule has 0 bridgehead atoms. The molecule has 0 atom stereocenters. The van der Waals surface area contributed by atoms with Crippen molar-refractivity contribution < 1.29 is 4.92 Å². The van der Waals surface area contributed by atoms with E-state index in [4.69, 9.17) is 23.2 Å². The van der Waals surface area contributed by atoms with Gasteiger partial charge >= 0.3 is 0 Å². The molecule has 2 aromatic carbocycles. The lowest BCUT2D eigenvalue weighted by molar-refractivity contribution is -0.385. The number of nitrogens with one attached hydrogen (secondary N) is 1. The normalized spacial score (nSPS) is 10.3. The maximum absolute atomic E-state index is 10.9. The van der Waals surface area contributed by atoms with Gasteiger partial charge in [0.15, 0.2) is 0 Å². The van der Waals surface area contributed by atoms with E-state index in [1.807, 2.05) is 0 Å². The molecule has 0 aromatic heterocycles. The molecule has 0 radical (unpaired) electrons. The number of rotatable bonds is 4. The van der Waals surface area contributed by atoms with E-state index in [1.165, 1.54) is 6.07 Å². The van der Waals surface area contributed by atoms with Crippen molar-refractivity contribution in [1.82, 2.24) is 0 Å². The molecule has 4 nitrogen and oxygen atoms in total. The number of hydrogen-bond acceptors (Lipinski definition) is 3. The van der Waals surface area contributed by atoms with Gasteiger partial charge < -0.3 is 5.32 Å². The smallest absolute Gasteiger partial charge is 0.283 e. The quantitative estimate of drug-likeness (QED) is 0.584. The Hall–Kier alpha value is -1.30. The fourth-order valence-electron chi connectivity index (χ4n) is 1.67. The Kier molecular flexibility index (Phi) is 4.86. The number of nitrogens with zero attached hydrogens (tertiary/aromatic N) is 1. The molecule has 0 aliphatic rings. The summed E-state index contributed by atoms with van der Waals surface area (Å²) in [6.45, 7) is 0.391. The van der Waals surface area contributed by atoms with Crippen LogP contribution in [0.4, 0.5) is 11.4 Å². The van der Waals surface area contributed by atoms with Gasteiger partial charge in [-0.05, 0) is 33.6 Å². The highest BCUT2D eigenvalue weighted by Crippen LogP contribution is 2.32. The number of anilines is 1. The van der Waals surface area contributed by atoms with E-state index in [0.717, 1.165) is 5.56 Å². The summed E-state index contributed by atoms with van der Waals surface area (Å²) >= 11 is 15.2. The lowest BCUT2D eigenvalue weighted by Gasteiger charge is -2.10. The maximum Gasteiger partial charge on any atom is 0.283 e. The number of nitro groups is 1. The van der Waals surface area contributed by atoms with Gasteiger partial charge in [0, 0.05) is 12.6 Å². The van der Waals surface area contributed by atoms with Crippen molar-refractivity contribution in [3.8, 4) is 0 Å². The van der Waals surface area contributed by atoms with Gasteiger partial charge in [-0.25, -0.2) is 0 Å². The fourth-order valence-corrected chi connectivity index (χ4v) is 2.59. The van der Waals surface area contributed by atoms with Crippen molar-refractivity contribution in [3.63, 3.8) is 0 Å². The lowest BCUT2D eigenvalue weighted by Crippen LogP contribution is -2.02. The molecule has 2 aromatic rings. The van der Waals surface area contributed by atoms with Crippen molar-refractivity contribution in [2.45, 2.75) is 6.54 Å². The zero-order valence-electron chi connectivity index (χ0n) is 10.1. The first-order valence-corrected chi connectivity index (χ1v) is 7.15. The van der Waals surface area contributed by atoms with Crippen LogP contribution in [0.2, 0.25) is 10.0 Å². The first-order valence-electron chi connectivity index (χ1n) is 5.60. The van der Waals surface area contributed by atoms with E-state index in [9.17, 15) is 10.1 Å². The molecule has 0 saturated heterocycles. The zero-order valence-corrected chi connectivity index (χ0v) is 13.2. The summed E-state index contributed by atoms with van der Waals surface area (Å²) in [5.41, 5.74) is 1.47. The van der Waals surface area contributed by atoms with Crippen molar-refractivity contribution in [2.75, 3.05) is 5.32 Å². The molecule has 104 valence electrons. The second kappa shape index (κ2) is 6.43. The Bertz CT molecular complexity index is 665. The van der Waals surface area contributed by atoms with Crippen LogP contribution in [0.5, 0.6) is 0 Å². The zero-order chi connectivity index (χ0) is 14.7. The molecule has 0 aliphatic carbocycles. The third-order valence-corrected chi connectivity index (χ3v) is 4.41. The van der Waals surface area contributed by atoms with Crippen LogP contribution in [-0.2, 0) is 6.54 Å². The maximum atomic E-state index is 10.9. The van der Waals surface area contributed by atoms with Gasteiger partial charge in [0.2, 0.25) is 0 Å². The number of benzene rings is 2. The Morgan fingerprint density at radius 3 is 2.60 bits per heavy atom. The third kappa shape index (κ3) is 3.23. The molecular formula is C13H9BrCl2N2O2. The lowest BCUT2D eigenvalue weighted by atomic mass is 10.2. The molecule has 2 rings (SSSR count). The standard InChI is InChI=1S/C13H9BrCl2N2O2/c14-12-8(3-1-6-11(12)18(19)20)7-17-10-5-2-4-9(15)13(10)16/h1-6,17H,7H2. The molecule has 0 aliphatic heterocycles. The van der Waals surface area contributed by atoms with E-state index in [2.05, 4.69) is 21.2 Å². The van der Waals surface area contributed by atoms with Gasteiger partial charge in [0.25, 0.3) is 5.69 Å². The summed E-state index contributed by atoms with van der Waals surface area (Å²) in [5.74, 6) is 0. The highest BCUT2D eigenvalue weighted by molar-refractivity contribution is 9.10. The monoisotopic (exact) mass is 374 g/mol. The highest BCUT2D eigenvalue weighted by atomic mass is 79.9. The summed E-state index contributed by atoms with van der Waals surface area (Å²) < 4.78 is 0.454. The molecule has 0 fully saturated rings. The summed E-state index contributed by atoms with van der Waals surface area (Å²) in [6, 6.07) is 10.1. The van der Waals surface area contributed by atoms with Gasteiger partial charge in [-0.3, -0.25) is 10.1 Å². The van der Waals surface area contributed by atoms with Crippen LogP contribution in [0.25, 0.3) is 0 Å². The fraction of sp³-hybridized carbons (Fsp3) is 0.0769. The Labute approximate surface area is 134 Å². The van der Waals surface area contributed by atoms with Gasteiger partial charge in [-0.15, -0.1) is 0 Å². The van der Waals surface area contributed by atoms with E-state index in [-0.39, 0.29) is 5.69 Å². The van der Waals surface area contributed by atoms with Crippen molar-refractivity contribution in [3.05, 3.63) is 66.6 Å². The van der Waals surface area contributed by atoms with Crippen LogP contribution in [-0.4, -0.2) is 4.92 Å². The first-order chi connectivity index (χ1) is 9.50. The second-order valence-corrected chi connectivity index (χ2v) is 5.54. The average molecular weight is 376 g/mol. The van der Waals surface area contributed by atoms with Crippen molar-refractivity contribution >= 4 is 50.5 Å². The first kappa shape index (κ1) is 15.1. The van der Waals surface area contributed by atoms with Gasteiger partial charge in [0.1, 0.15) is 4.47 Å². The number of halogens is 3. The van der Waals surface area contributed by atoms with Gasteiger partial charge in [-0.2, -0.15) is 0 Å². The largest absolute Gasteiger partial charge is 0.380 e. The molecule has 0 unspecified atom stereocenters. The molecule has 20 heavy (non-hydrogen) atoms. The molecular weight excluding hydrogens is 367 g/mol. The molecule has 7 heteroatoms. The topological polar surface area (TPSA) is 55.2 Å². The van der Waals surface area contributed by atoms with Crippen molar-refractivity contribution in [1.29, 1.82) is 0 Å². The van der Waals surface area contributed by atoms with Crippen LogP contribution in [0.15, 0.2) is 40.9 Å². The number of hydrogen-bond donors (Lipinski definition) is 1. The minimum absolute atomic E-state index is 0.0292. The summed E-state index contributed by atoms with van der Waals surface area (Å²) in [5, 5.41) is 14.9. The molecule has 1 N–H and O–H groups in total. The van der Waals surface area contributed by atoms with Crippen LogP contribution >= 0.6 is 39.1 Å². The summed E-state index contributed by atoms with van der Waals surface area (Å²) in [6.07, 6.45) is 0. The Morgan fingerprint density at radius 2 is 1.90 bits per heavy atom. The summed E-state index contributed by atoms with van der Waals surface area (Å²) in [7, 11) is 0.